The van der Waals surface area contributed by atoms with Crippen molar-refractivity contribution in [3.63, 3.8) is 0 Å². The van der Waals surface area contributed by atoms with Gasteiger partial charge in [-0.2, -0.15) is 5.26 Å². The van der Waals surface area contributed by atoms with Gasteiger partial charge in [-0.25, -0.2) is 0 Å². The zero-order valence-electron chi connectivity index (χ0n) is 9.57. The smallest absolute Gasteiger partial charge is 0.120 e. The zero-order chi connectivity index (χ0) is 11.3. The first kappa shape index (κ1) is 12.0. The van der Waals surface area contributed by atoms with Gasteiger partial charge in [-0.3, -0.25) is 0 Å². The van der Waals surface area contributed by atoms with E-state index < -0.39 is 5.41 Å². The molecule has 2 nitrogen and oxygen atoms in total. The third-order valence-electron chi connectivity index (χ3n) is 3.37. The lowest BCUT2D eigenvalue weighted by atomic mass is 9.69. The molecule has 0 aliphatic heterocycles. The number of carbonyl (C=O) groups is 1. The van der Waals surface area contributed by atoms with Crippen molar-refractivity contribution in [2.45, 2.75) is 39.5 Å². The van der Waals surface area contributed by atoms with Gasteiger partial charge in [-0.05, 0) is 44.9 Å². The molecule has 0 radical (unpaired) electrons. The molecule has 1 aliphatic rings. The van der Waals surface area contributed by atoms with Crippen molar-refractivity contribution in [3.05, 3.63) is 12.2 Å². The fourth-order valence-electron chi connectivity index (χ4n) is 2.37. The number of hydrogen-bond acceptors (Lipinski definition) is 2. The van der Waals surface area contributed by atoms with Crippen LogP contribution in [0.15, 0.2) is 12.2 Å². The molecule has 0 N–H and O–H groups in total. The predicted octanol–water partition coefficient (Wildman–Crippen LogP) is 3.10. The van der Waals surface area contributed by atoms with E-state index >= 15 is 0 Å². The third kappa shape index (κ3) is 2.92. The molecule has 2 unspecified atom stereocenters. The SMILES string of the molecule is CC(C)(C#N)C(CC=O)C1C=CCCC1. The maximum atomic E-state index is 10.7. The molecule has 0 saturated carbocycles. The average molecular weight is 205 g/mol. The summed E-state index contributed by atoms with van der Waals surface area (Å²) in [6, 6.07) is 2.33. The van der Waals surface area contributed by atoms with E-state index in [-0.39, 0.29) is 5.92 Å². The Labute approximate surface area is 92.0 Å². The van der Waals surface area contributed by atoms with E-state index in [4.69, 9.17) is 5.26 Å². The number of aldehydes is 1. The Kier molecular flexibility index (Phi) is 4.08. The lowest BCUT2D eigenvalue weighted by molar-refractivity contribution is -0.109. The minimum atomic E-state index is -0.409. The summed E-state index contributed by atoms with van der Waals surface area (Å²) in [5.74, 6) is 0.565. The molecule has 0 aromatic rings. The van der Waals surface area contributed by atoms with Crippen LogP contribution in [0.3, 0.4) is 0 Å². The highest BCUT2D eigenvalue weighted by Crippen LogP contribution is 2.38. The van der Waals surface area contributed by atoms with Crippen LogP contribution >= 0.6 is 0 Å². The third-order valence-corrected chi connectivity index (χ3v) is 3.37. The van der Waals surface area contributed by atoms with E-state index in [2.05, 4.69) is 18.2 Å². The first-order valence-electron chi connectivity index (χ1n) is 5.63. The largest absolute Gasteiger partial charge is 0.303 e. The molecule has 0 aromatic heterocycles. The Morgan fingerprint density at radius 1 is 1.67 bits per heavy atom. The van der Waals surface area contributed by atoms with Gasteiger partial charge in [0.05, 0.1) is 11.5 Å². The monoisotopic (exact) mass is 205 g/mol. The molecule has 0 bridgehead atoms. The van der Waals surface area contributed by atoms with Gasteiger partial charge in [-0.1, -0.05) is 12.2 Å². The summed E-state index contributed by atoms with van der Waals surface area (Å²) in [6.45, 7) is 3.87. The van der Waals surface area contributed by atoms with Crippen LogP contribution in [0.2, 0.25) is 0 Å². The lowest BCUT2D eigenvalue weighted by Crippen LogP contribution is -2.30. The summed E-state index contributed by atoms with van der Waals surface area (Å²) in [4.78, 5) is 10.7. The summed E-state index contributed by atoms with van der Waals surface area (Å²) in [6.07, 6.45) is 9.24. The minimum absolute atomic E-state index is 0.163. The van der Waals surface area contributed by atoms with Gasteiger partial charge in [0.15, 0.2) is 0 Å². The van der Waals surface area contributed by atoms with Gasteiger partial charge in [0, 0.05) is 6.42 Å². The van der Waals surface area contributed by atoms with Crippen LogP contribution in [0.5, 0.6) is 0 Å². The molecule has 0 spiro atoms. The average Bonchev–Trinajstić information content (AvgIpc) is 2.27. The summed E-state index contributed by atoms with van der Waals surface area (Å²) in [7, 11) is 0. The van der Waals surface area contributed by atoms with E-state index in [1.165, 1.54) is 6.42 Å². The topological polar surface area (TPSA) is 40.9 Å². The molecular weight excluding hydrogens is 186 g/mol. The number of hydrogen-bond donors (Lipinski definition) is 0. The number of rotatable bonds is 4. The van der Waals surface area contributed by atoms with Crippen LogP contribution in [-0.2, 0) is 4.79 Å². The maximum absolute atomic E-state index is 10.7. The first-order chi connectivity index (χ1) is 7.11. The second kappa shape index (κ2) is 5.11. The Bertz CT molecular complexity index is 285. The molecule has 2 heteroatoms. The number of allylic oxidation sites excluding steroid dienone is 2. The van der Waals surface area contributed by atoms with Crippen LogP contribution < -0.4 is 0 Å². The molecule has 2 atom stereocenters. The van der Waals surface area contributed by atoms with Gasteiger partial charge < -0.3 is 4.79 Å². The number of carbonyl (C=O) groups excluding carboxylic acids is 1. The molecule has 0 amide bonds. The molecule has 0 heterocycles. The van der Waals surface area contributed by atoms with Crippen molar-refractivity contribution in [1.29, 1.82) is 5.26 Å². The fraction of sp³-hybridized carbons (Fsp3) is 0.692. The van der Waals surface area contributed by atoms with Crippen LogP contribution in [0.4, 0.5) is 0 Å². The van der Waals surface area contributed by atoms with Crippen LogP contribution in [0.1, 0.15) is 39.5 Å². The molecule has 1 aliphatic carbocycles. The fourth-order valence-corrected chi connectivity index (χ4v) is 2.37. The Balaban J connectivity index is 2.81. The van der Waals surface area contributed by atoms with Gasteiger partial charge in [-0.15, -0.1) is 0 Å². The number of nitriles is 1. The van der Waals surface area contributed by atoms with Crippen LogP contribution in [0.25, 0.3) is 0 Å². The minimum Gasteiger partial charge on any atom is -0.303 e. The van der Waals surface area contributed by atoms with E-state index in [9.17, 15) is 4.79 Å². The second-order valence-corrected chi connectivity index (χ2v) is 4.87. The van der Waals surface area contributed by atoms with Gasteiger partial charge in [0.25, 0.3) is 0 Å². The summed E-state index contributed by atoms with van der Waals surface area (Å²) < 4.78 is 0. The van der Waals surface area contributed by atoms with E-state index in [0.29, 0.717) is 12.3 Å². The highest BCUT2D eigenvalue weighted by atomic mass is 16.1. The highest BCUT2D eigenvalue weighted by molar-refractivity contribution is 5.50. The second-order valence-electron chi connectivity index (χ2n) is 4.87. The van der Waals surface area contributed by atoms with Crippen LogP contribution in [0, 0.1) is 28.6 Å². The van der Waals surface area contributed by atoms with Crippen molar-refractivity contribution in [3.8, 4) is 6.07 Å². The normalized spacial score (nSPS) is 23.1. The molecule has 0 saturated heterocycles. The van der Waals surface area contributed by atoms with Gasteiger partial charge in [0.1, 0.15) is 6.29 Å². The summed E-state index contributed by atoms with van der Waals surface area (Å²) >= 11 is 0. The standard InChI is InChI=1S/C13H19NO/c1-13(2,10-14)12(8-9-15)11-6-4-3-5-7-11/h4,6,9,11-12H,3,5,7-8H2,1-2H3. The summed E-state index contributed by atoms with van der Waals surface area (Å²) in [5.41, 5.74) is -0.409. The van der Waals surface area contributed by atoms with E-state index in [0.717, 1.165) is 19.1 Å². The molecular formula is C13H19NO. The predicted molar refractivity (Wildman–Crippen MR) is 60.0 cm³/mol. The van der Waals surface area contributed by atoms with Gasteiger partial charge >= 0.3 is 0 Å². The Hall–Kier alpha value is -1.10. The molecule has 1 rings (SSSR count). The van der Waals surface area contributed by atoms with Gasteiger partial charge in [0.2, 0.25) is 0 Å². The quantitative estimate of drug-likeness (QED) is 0.522. The maximum Gasteiger partial charge on any atom is 0.120 e. The Morgan fingerprint density at radius 2 is 2.40 bits per heavy atom. The van der Waals surface area contributed by atoms with E-state index in [1.54, 1.807) is 0 Å². The van der Waals surface area contributed by atoms with Crippen molar-refractivity contribution < 1.29 is 4.79 Å². The first-order valence-corrected chi connectivity index (χ1v) is 5.63. The van der Waals surface area contributed by atoms with E-state index in [1.807, 2.05) is 13.8 Å². The van der Waals surface area contributed by atoms with Crippen molar-refractivity contribution >= 4 is 6.29 Å². The zero-order valence-corrected chi connectivity index (χ0v) is 9.57. The van der Waals surface area contributed by atoms with Crippen molar-refractivity contribution in [2.24, 2.45) is 17.3 Å². The summed E-state index contributed by atoms with van der Waals surface area (Å²) in [5, 5.41) is 9.13. The van der Waals surface area contributed by atoms with Crippen molar-refractivity contribution in [1.82, 2.24) is 0 Å². The molecule has 0 aromatic carbocycles. The van der Waals surface area contributed by atoms with Crippen molar-refractivity contribution in [2.75, 3.05) is 0 Å². The molecule has 82 valence electrons. The van der Waals surface area contributed by atoms with Crippen LogP contribution in [-0.4, -0.2) is 6.29 Å². The Morgan fingerprint density at radius 3 is 2.87 bits per heavy atom. The highest BCUT2D eigenvalue weighted by Gasteiger charge is 2.34. The molecule has 0 fully saturated rings. The lowest BCUT2D eigenvalue weighted by Gasteiger charge is -2.33. The molecule has 15 heavy (non-hydrogen) atoms. The number of nitrogens with zero attached hydrogens (tertiary/aromatic N) is 1.